The monoisotopic (exact) mass is 269 g/mol. The zero-order valence-electron chi connectivity index (χ0n) is 10.9. The van der Waals surface area contributed by atoms with Gasteiger partial charge in [0.25, 0.3) is 5.91 Å². The van der Waals surface area contributed by atoms with Gasteiger partial charge in [0.15, 0.2) is 0 Å². The van der Waals surface area contributed by atoms with Crippen LogP contribution in [0, 0.1) is 12.8 Å². The van der Waals surface area contributed by atoms with E-state index in [4.69, 9.17) is 16.7 Å². The van der Waals surface area contributed by atoms with Crippen LogP contribution >= 0.6 is 11.6 Å². The molecule has 2 N–H and O–H groups in total. The van der Waals surface area contributed by atoms with E-state index in [1.807, 2.05) is 26.0 Å². The van der Waals surface area contributed by atoms with Gasteiger partial charge in [0.1, 0.15) is 0 Å². The third-order valence-electron chi connectivity index (χ3n) is 2.78. The van der Waals surface area contributed by atoms with Crippen LogP contribution in [0.1, 0.15) is 35.7 Å². The quantitative estimate of drug-likeness (QED) is 0.780. The Hall–Kier alpha value is -1.06. The van der Waals surface area contributed by atoms with Gasteiger partial charge >= 0.3 is 0 Å². The van der Waals surface area contributed by atoms with Crippen molar-refractivity contribution in [2.75, 3.05) is 13.2 Å². The van der Waals surface area contributed by atoms with E-state index < -0.39 is 0 Å². The Bertz CT molecular complexity index is 387. The molecule has 0 saturated carbocycles. The first-order chi connectivity index (χ1) is 8.52. The van der Waals surface area contributed by atoms with Gasteiger partial charge in [-0.15, -0.1) is 0 Å². The summed E-state index contributed by atoms with van der Waals surface area (Å²) >= 11 is 5.91. The zero-order valence-corrected chi connectivity index (χ0v) is 11.6. The fourth-order valence-corrected chi connectivity index (χ4v) is 2.00. The van der Waals surface area contributed by atoms with Gasteiger partial charge in [-0.1, -0.05) is 18.5 Å². The number of carbonyl (C=O) groups is 1. The average Bonchev–Trinajstić information content (AvgIpc) is 2.32. The molecule has 100 valence electrons. The van der Waals surface area contributed by atoms with Gasteiger partial charge in [-0.2, -0.15) is 0 Å². The molecule has 1 rings (SSSR count). The van der Waals surface area contributed by atoms with Crippen molar-refractivity contribution < 1.29 is 9.90 Å². The van der Waals surface area contributed by atoms with Crippen molar-refractivity contribution in [1.82, 2.24) is 5.32 Å². The maximum atomic E-state index is 11.8. The van der Waals surface area contributed by atoms with Gasteiger partial charge < -0.3 is 10.4 Å². The summed E-state index contributed by atoms with van der Waals surface area (Å²) in [6.07, 6.45) is 1.78. The minimum Gasteiger partial charge on any atom is -0.396 e. The molecule has 4 heteroatoms. The molecule has 0 aliphatic carbocycles. The number of hydrogen-bond acceptors (Lipinski definition) is 2. The summed E-state index contributed by atoms with van der Waals surface area (Å²) in [6, 6.07) is 5.30. The van der Waals surface area contributed by atoms with Gasteiger partial charge in [0.05, 0.1) is 0 Å². The number of nitrogens with one attached hydrogen (secondary N) is 1. The van der Waals surface area contributed by atoms with E-state index in [-0.39, 0.29) is 18.4 Å². The molecule has 0 heterocycles. The highest BCUT2D eigenvalue weighted by Gasteiger charge is 2.07. The Labute approximate surface area is 113 Å². The molecule has 0 spiro atoms. The van der Waals surface area contributed by atoms with Crippen LogP contribution in [-0.2, 0) is 0 Å². The summed E-state index contributed by atoms with van der Waals surface area (Å²) in [5.74, 6) is 0.188. The average molecular weight is 270 g/mol. The number of aryl methyl sites for hydroxylation is 1. The smallest absolute Gasteiger partial charge is 0.251 e. The summed E-state index contributed by atoms with van der Waals surface area (Å²) in [5, 5.41) is 12.3. The maximum Gasteiger partial charge on any atom is 0.251 e. The molecule has 0 aliphatic rings. The normalized spacial score (nSPS) is 12.2. The van der Waals surface area contributed by atoms with Crippen LogP contribution in [0.25, 0.3) is 0 Å². The summed E-state index contributed by atoms with van der Waals surface area (Å²) in [4.78, 5) is 11.8. The molecule has 1 unspecified atom stereocenters. The molecule has 0 bridgehead atoms. The molecule has 0 radical (unpaired) electrons. The number of benzene rings is 1. The van der Waals surface area contributed by atoms with Crippen LogP contribution in [-0.4, -0.2) is 24.2 Å². The second kappa shape index (κ2) is 7.39. The molecular formula is C14H20ClNO2. The lowest BCUT2D eigenvalue weighted by Crippen LogP contribution is -2.25. The summed E-state index contributed by atoms with van der Waals surface area (Å²) in [7, 11) is 0. The Kier molecular flexibility index (Phi) is 6.16. The largest absolute Gasteiger partial charge is 0.396 e. The molecule has 1 atom stereocenters. The molecule has 1 aromatic rings. The van der Waals surface area contributed by atoms with Crippen LogP contribution in [0.3, 0.4) is 0 Å². The minimum atomic E-state index is -0.0998. The van der Waals surface area contributed by atoms with Crippen molar-refractivity contribution in [1.29, 1.82) is 0 Å². The number of hydrogen-bond donors (Lipinski definition) is 2. The number of carbonyl (C=O) groups excluding carboxylic acids is 1. The molecule has 0 fully saturated rings. The molecule has 1 amide bonds. The van der Waals surface area contributed by atoms with Crippen LogP contribution in [0.2, 0.25) is 5.02 Å². The van der Waals surface area contributed by atoms with Gasteiger partial charge in [-0.3, -0.25) is 4.79 Å². The van der Waals surface area contributed by atoms with Crippen molar-refractivity contribution in [2.45, 2.75) is 26.7 Å². The van der Waals surface area contributed by atoms with Gasteiger partial charge in [0.2, 0.25) is 0 Å². The SMILES string of the molecule is Cc1cc(Cl)cc(C(=O)NCCCC(C)CO)c1. The van der Waals surface area contributed by atoms with Crippen molar-refractivity contribution in [3.8, 4) is 0 Å². The van der Waals surface area contributed by atoms with Crippen molar-refractivity contribution in [3.63, 3.8) is 0 Å². The van der Waals surface area contributed by atoms with Gasteiger partial charge in [0, 0.05) is 23.7 Å². The fraction of sp³-hybridized carbons (Fsp3) is 0.500. The standard InChI is InChI=1S/C14H20ClNO2/c1-10(9-17)4-3-5-16-14(18)12-6-11(2)7-13(15)8-12/h6-8,10,17H,3-5,9H2,1-2H3,(H,16,18). The first-order valence-electron chi connectivity index (χ1n) is 6.19. The highest BCUT2D eigenvalue weighted by atomic mass is 35.5. The van der Waals surface area contributed by atoms with E-state index in [1.165, 1.54) is 0 Å². The summed E-state index contributed by atoms with van der Waals surface area (Å²) in [5.41, 5.74) is 1.57. The van der Waals surface area contributed by atoms with E-state index in [2.05, 4.69) is 5.32 Å². The van der Waals surface area contributed by atoms with Crippen LogP contribution in [0.4, 0.5) is 0 Å². The highest BCUT2D eigenvalue weighted by Crippen LogP contribution is 2.14. The Morgan fingerprint density at radius 1 is 1.44 bits per heavy atom. The van der Waals surface area contributed by atoms with Crippen LogP contribution in [0.15, 0.2) is 18.2 Å². The first-order valence-corrected chi connectivity index (χ1v) is 6.57. The molecular weight excluding hydrogens is 250 g/mol. The highest BCUT2D eigenvalue weighted by molar-refractivity contribution is 6.31. The molecule has 0 aromatic heterocycles. The van der Waals surface area contributed by atoms with Gasteiger partial charge in [-0.25, -0.2) is 0 Å². The van der Waals surface area contributed by atoms with E-state index in [9.17, 15) is 4.79 Å². The number of aliphatic hydroxyl groups is 1. The second-order valence-corrected chi connectivity index (χ2v) is 5.14. The number of amides is 1. The molecule has 18 heavy (non-hydrogen) atoms. The third kappa shape index (κ3) is 5.07. The maximum absolute atomic E-state index is 11.8. The van der Waals surface area contributed by atoms with E-state index in [0.29, 0.717) is 17.1 Å². The molecule has 3 nitrogen and oxygen atoms in total. The zero-order chi connectivity index (χ0) is 13.5. The van der Waals surface area contributed by atoms with Crippen molar-refractivity contribution in [3.05, 3.63) is 34.3 Å². The lowest BCUT2D eigenvalue weighted by atomic mass is 10.1. The van der Waals surface area contributed by atoms with E-state index >= 15 is 0 Å². The minimum absolute atomic E-state index is 0.0998. The van der Waals surface area contributed by atoms with Crippen molar-refractivity contribution >= 4 is 17.5 Å². The third-order valence-corrected chi connectivity index (χ3v) is 2.99. The first kappa shape index (κ1) is 15.0. The topological polar surface area (TPSA) is 49.3 Å². The lowest BCUT2D eigenvalue weighted by Gasteiger charge is -2.09. The number of aliphatic hydroxyl groups excluding tert-OH is 1. The molecule has 1 aromatic carbocycles. The number of halogens is 1. The molecule has 0 saturated heterocycles. The Balaban J connectivity index is 2.41. The van der Waals surface area contributed by atoms with Crippen LogP contribution in [0.5, 0.6) is 0 Å². The van der Waals surface area contributed by atoms with E-state index in [1.54, 1.807) is 6.07 Å². The number of rotatable bonds is 6. The van der Waals surface area contributed by atoms with Gasteiger partial charge in [-0.05, 0) is 49.4 Å². The Morgan fingerprint density at radius 2 is 2.17 bits per heavy atom. The Morgan fingerprint density at radius 3 is 2.78 bits per heavy atom. The predicted molar refractivity (Wildman–Crippen MR) is 74.0 cm³/mol. The van der Waals surface area contributed by atoms with Crippen LogP contribution < -0.4 is 5.32 Å². The summed E-state index contributed by atoms with van der Waals surface area (Å²) < 4.78 is 0. The second-order valence-electron chi connectivity index (χ2n) is 4.70. The predicted octanol–water partition coefficient (Wildman–Crippen LogP) is 2.79. The van der Waals surface area contributed by atoms with Crippen molar-refractivity contribution in [2.24, 2.45) is 5.92 Å². The lowest BCUT2D eigenvalue weighted by molar-refractivity contribution is 0.0952. The van der Waals surface area contributed by atoms with E-state index in [0.717, 1.165) is 18.4 Å². The molecule has 0 aliphatic heterocycles. The summed E-state index contributed by atoms with van der Waals surface area (Å²) in [6.45, 7) is 4.71. The fourth-order valence-electron chi connectivity index (χ4n) is 1.71.